The van der Waals surface area contributed by atoms with Crippen molar-refractivity contribution in [2.45, 2.75) is 39.0 Å². The van der Waals surface area contributed by atoms with E-state index in [1.165, 1.54) is 32.1 Å². The van der Waals surface area contributed by atoms with Crippen LogP contribution in [0.1, 0.15) is 39.0 Å². The number of hydrogen-bond acceptors (Lipinski definition) is 1. The Balaban J connectivity index is 2.47. The summed E-state index contributed by atoms with van der Waals surface area (Å²) in [6, 6.07) is 0. The van der Waals surface area contributed by atoms with Crippen LogP contribution in [0.2, 0.25) is 0 Å². The molecule has 0 unspecified atom stereocenters. The normalized spacial score (nSPS) is 20.0. The third-order valence-electron chi connectivity index (χ3n) is 2.72. The number of rotatable bonds is 2. The van der Waals surface area contributed by atoms with Gasteiger partial charge in [-0.25, -0.2) is 0 Å². The fraction of sp³-hybridized carbons (Fsp3) is 0.727. The Kier molecular flexibility index (Phi) is 4.00. The Labute approximate surface area is 80.4 Å². The van der Waals surface area contributed by atoms with Gasteiger partial charge in [-0.15, -0.1) is 0 Å². The molecule has 1 aliphatic carbocycles. The average Bonchev–Trinajstić information content (AvgIpc) is 2.18. The summed E-state index contributed by atoms with van der Waals surface area (Å²) in [5, 5.41) is 2.65. The molecule has 0 bridgehead atoms. The van der Waals surface area contributed by atoms with Gasteiger partial charge in [-0.3, -0.25) is 4.79 Å². The van der Waals surface area contributed by atoms with Crippen LogP contribution in [0.25, 0.3) is 0 Å². The summed E-state index contributed by atoms with van der Waals surface area (Å²) in [6.45, 7) is 1.90. The maximum absolute atomic E-state index is 11.2. The van der Waals surface area contributed by atoms with Crippen LogP contribution in [-0.4, -0.2) is 13.0 Å². The third kappa shape index (κ3) is 3.21. The lowest BCUT2D eigenvalue weighted by atomic mass is 9.88. The Morgan fingerprint density at radius 1 is 1.31 bits per heavy atom. The molecule has 0 heterocycles. The summed E-state index contributed by atoms with van der Waals surface area (Å²) >= 11 is 0. The fourth-order valence-electron chi connectivity index (χ4n) is 1.93. The molecule has 1 aliphatic rings. The highest BCUT2D eigenvalue weighted by molar-refractivity contribution is 5.92. The SMILES string of the molecule is CNC(=O)C(C)=CC1CCCCC1. The predicted octanol–water partition coefficient (Wildman–Crippen LogP) is 2.26. The van der Waals surface area contributed by atoms with E-state index in [-0.39, 0.29) is 5.91 Å². The summed E-state index contributed by atoms with van der Waals surface area (Å²) in [4.78, 5) is 11.2. The second-order valence-electron chi connectivity index (χ2n) is 3.83. The Bertz CT molecular complexity index is 202. The van der Waals surface area contributed by atoms with Crippen molar-refractivity contribution in [3.8, 4) is 0 Å². The van der Waals surface area contributed by atoms with Gasteiger partial charge in [-0.1, -0.05) is 25.3 Å². The van der Waals surface area contributed by atoms with Crippen LogP contribution in [0, 0.1) is 5.92 Å². The molecule has 2 heteroatoms. The van der Waals surface area contributed by atoms with Gasteiger partial charge in [-0.2, -0.15) is 0 Å². The van der Waals surface area contributed by atoms with Crippen molar-refractivity contribution in [2.75, 3.05) is 7.05 Å². The first kappa shape index (κ1) is 10.3. The van der Waals surface area contributed by atoms with Gasteiger partial charge in [0.15, 0.2) is 0 Å². The zero-order valence-corrected chi connectivity index (χ0v) is 8.60. The van der Waals surface area contributed by atoms with Crippen LogP contribution in [-0.2, 0) is 4.79 Å². The van der Waals surface area contributed by atoms with Crippen LogP contribution >= 0.6 is 0 Å². The van der Waals surface area contributed by atoms with Gasteiger partial charge in [0.05, 0.1) is 0 Å². The molecule has 74 valence electrons. The van der Waals surface area contributed by atoms with Gasteiger partial charge in [0, 0.05) is 12.6 Å². The minimum atomic E-state index is 0.0607. The van der Waals surface area contributed by atoms with Crippen LogP contribution in [0.3, 0.4) is 0 Å². The molecule has 1 rings (SSSR count). The summed E-state index contributed by atoms with van der Waals surface area (Å²) in [7, 11) is 1.68. The van der Waals surface area contributed by atoms with E-state index in [0.717, 1.165) is 5.57 Å². The number of nitrogens with one attached hydrogen (secondary N) is 1. The highest BCUT2D eigenvalue weighted by Gasteiger charge is 2.12. The molecule has 0 aromatic heterocycles. The van der Waals surface area contributed by atoms with Crippen LogP contribution in [0.15, 0.2) is 11.6 Å². The molecular formula is C11H19NO. The molecule has 0 saturated heterocycles. The number of carbonyl (C=O) groups excluding carboxylic acids is 1. The summed E-state index contributed by atoms with van der Waals surface area (Å²) < 4.78 is 0. The second kappa shape index (κ2) is 5.05. The van der Waals surface area contributed by atoms with Crippen molar-refractivity contribution in [2.24, 2.45) is 5.92 Å². The lowest BCUT2D eigenvalue weighted by molar-refractivity contribution is -0.117. The predicted molar refractivity (Wildman–Crippen MR) is 54.4 cm³/mol. The minimum absolute atomic E-state index is 0.0607. The Morgan fingerprint density at radius 2 is 1.92 bits per heavy atom. The lowest BCUT2D eigenvalue weighted by Crippen LogP contribution is -2.19. The molecule has 1 N–H and O–H groups in total. The van der Waals surface area contributed by atoms with E-state index in [0.29, 0.717) is 5.92 Å². The highest BCUT2D eigenvalue weighted by atomic mass is 16.1. The highest BCUT2D eigenvalue weighted by Crippen LogP contribution is 2.25. The zero-order valence-electron chi connectivity index (χ0n) is 8.60. The van der Waals surface area contributed by atoms with Crippen LogP contribution in [0.4, 0.5) is 0 Å². The number of likely N-dealkylation sites (N-methyl/N-ethyl adjacent to an activating group) is 1. The summed E-state index contributed by atoms with van der Waals surface area (Å²) in [5.41, 5.74) is 0.870. The van der Waals surface area contributed by atoms with Crippen molar-refractivity contribution in [1.82, 2.24) is 5.32 Å². The molecule has 0 aromatic carbocycles. The topological polar surface area (TPSA) is 29.1 Å². The van der Waals surface area contributed by atoms with E-state index in [4.69, 9.17) is 0 Å². The Morgan fingerprint density at radius 3 is 2.46 bits per heavy atom. The van der Waals surface area contributed by atoms with E-state index in [1.807, 2.05) is 6.92 Å². The standard InChI is InChI=1S/C11H19NO/c1-9(11(13)12-2)8-10-6-4-3-5-7-10/h8,10H,3-7H2,1-2H3,(H,12,13). The molecule has 0 aromatic rings. The van der Waals surface area contributed by atoms with Gasteiger partial charge < -0.3 is 5.32 Å². The van der Waals surface area contributed by atoms with Crippen molar-refractivity contribution >= 4 is 5.91 Å². The number of carbonyl (C=O) groups is 1. The van der Waals surface area contributed by atoms with E-state index >= 15 is 0 Å². The molecule has 1 fully saturated rings. The molecule has 0 radical (unpaired) electrons. The lowest BCUT2D eigenvalue weighted by Gasteiger charge is -2.18. The van der Waals surface area contributed by atoms with Crippen molar-refractivity contribution in [3.05, 3.63) is 11.6 Å². The summed E-state index contributed by atoms with van der Waals surface area (Å²) in [6.07, 6.45) is 8.66. The number of allylic oxidation sites excluding steroid dienone is 1. The minimum Gasteiger partial charge on any atom is -0.355 e. The zero-order chi connectivity index (χ0) is 9.68. The van der Waals surface area contributed by atoms with Crippen LogP contribution < -0.4 is 5.32 Å². The van der Waals surface area contributed by atoms with Crippen LogP contribution in [0.5, 0.6) is 0 Å². The van der Waals surface area contributed by atoms with E-state index < -0.39 is 0 Å². The molecule has 0 spiro atoms. The Hall–Kier alpha value is -0.790. The van der Waals surface area contributed by atoms with E-state index in [1.54, 1.807) is 7.05 Å². The largest absolute Gasteiger partial charge is 0.355 e. The van der Waals surface area contributed by atoms with E-state index in [9.17, 15) is 4.79 Å². The molecule has 2 nitrogen and oxygen atoms in total. The smallest absolute Gasteiger partial charge is 0.246 e. The fourth-order valence-corrected chi connectivity index (χ4v) is 1.93. The van der Waals surface area contributed by atoms with Gasteiger partial charge in [0.25, 0.3) is 0 Å². The molecule has 0 atom stereocenters. The van der Waals surface area contributed by atoms with Gasteiger partial charge in [-0.05, 0) is 25.7 Å². The first-order valence-corrected chi connectivity index (χ1v) is 5.14. The van der Waals surface area contributed by atoms with Gasteiger partial charge >= 0.3 is 0 Å². The third-order valence-corrected chi connectivity index (χ3v) is 2.72. The van der Waals surface area contributed by atoms with Crippen molar-refractivity contribution in [3.63, 3.8) is 0 Å². The first-order chi connectivity index (χ1) is 6.24. The maximum Gasteiger partial charge on any atom is 0.246 e. The first-order valence-electron chi connectivity index (χ1n) is 5.14. The molecule has 1 amide bonds. The average molecular weight is 181 g/mol. The van der Waals surface area contributed by atoms with Gasteiger partial charge in [0.2, 0.25) is 5.91 Å². The maximum atomic E-state index is 11.2. The molecule has 1 saturated carbocycles. The second-order valence-corrected chi connectivity index (χ2v) is 3.83. The van der Waals surface area contributed by atoms with Gasteiger partial charge in [0.1, 0.15) is 0 Å². The van der Waals surface area contributed by atoms with Crippen molar-refractivity contribution in [1.29, 1.82) is 0 Å². The number of hydrogen-bond donors (Lipinski definition) is 1. The molecule has 13 heavy (non-hydrogen) atoms. The number of amides is 1. The quantitative estimate of drug-likeness (QED) is 0.650. The molecule has 0 aliphatic heterocycles. The monoisotopic (exact) mass is 181 g/mol. The van der Waals surface area contributed by atoms with Crippen molar-refractivity contribution < 1.29 is 4.79 Å². The molecular weight excluding hydrogens is 162 g/mol. The summed E-state index contributed by atoms with van der Waals surface area (Å²) in [5.74, 6) is 0.705. The van der Waals surface area contributed by atoms with E-state index in [2.05, 4.69) is 11.4 Å².